The minimum absolute atomic E-state index is 0.0426. The van der Waals surface area contributed by atoms with E-state index < -0.39 is 0 Å². The summed E-state index contributed by atoms with van der Waals surface area (Å²) >= 11 is 12.0. The second kappa shape index (κ2) is 7.33. The van der Waals surface area contributed by atoms with E-state index in [1.165, 1.54) is 12.1 Å². The number of carbonyl (C=O) groups excluding carboxylic acids is 2. The van der Waals surface area contributed by atoms with Crippen LogP contribution in [0, 0.1) is 0 Å². The van der Waals surface area contributed by atoms with Gasteiger partial charge in [0.15, 0.2) is 0 Å². The zero-order valence-corrected chi connectivity index (χ0v) is 14.8. The third-order valence-electron chi connectivity index (χ3n) is 4.15. The average Bonchev–Trinajstić information content (AvgIpc) is 2.61. The Morgan fingerprint density at radius 2 is 1.40 bits per heavy atom. The summed E-state index contributed by atoms with van der Waals surface area (Å²) in [5.74, 6) is -0.468. The summed E-state index contributed by atoms with van der Waals surface area (Å²) in [6, 6.07) is 11.2. The first-order valence-electron chi connectivity index (χ1n) is 7.79. The molecule has 0 unspecified atom stereocenters. The predicted octanol–water partition coefficient (Wildman–Crippen LogP) is 3.30. The van der Waals surface area contributed by atoms with E-state index in [4.69, 9.17) is 23.2 Å². The summed E-state index contributed by atoms with van der Waals surface area (Å²) in [6.45, 7) is 1.59. The van der Waals surface area contributed by atoms with E-state index in [2.05, 4.69) is 0 Å². The number of hydrogen-bond donors (Lipinski definition) is 1. The fourth-order valence-electron chi connectivity index (χ4n) is 2.77. The Labute approximate surface area is 155 Å². The fourth-order valence-corrected chi connectivity index (χ4v) is 3.26. The normalized spacial score (nSPS) is 14.5. The highest BCUT2D eigenvalue weighted by molar-refractivity contribution is 6.36. The molecule has 7 heteroatoms. The van der Waals surface area contributed by atoms with Crippen molar-refractivity contribution in [1.82, 2.24) is 9.80 Å². The first-order valence-corrected chi connectivity index (χ1v) is 8.54. The SMILES string of the molecule is O=C(c1ccccc1O)N1CCN(C(=O)c2ccc(Cl)cc2Cl)CC1. The van der Waals surface area contributed by atoms with Gasteiger partial charge in [0, 0.05) is 31.2 Å². The predicted molar refractivity (Wildman–Crippen MR) is 96.4 cm³/mol. The molecule has 0 bridgehead atoms. The summed E-state index contributed by atoms with van der Waals surface area (Å²) in [4.78, 5) is 28.4. The Hall–Kier alpha value is -2.24. The van der Waals surface area contributed by atoms with Crippen molar-refractivity contribution in [2.75, 3.05) is 26.2 Å². The Bertz CT molecular complexity index is 818. The molecule has 5 nitrogen and oxygen atoms in total. The first-order chi connectivity index (χ1) is 12.0. The number of halogens is 2. The molecule has 1 heterocycles. The van der Waals surface area contributed by atoms with Crippen molar-refractivity contribution in [1.29, 1.82) is 0 Å². The maximum atomic E-state index is 12.6. The number of phenols is 1. The smallest absolute Gasteiger partial charge is 0.257 e. The van der Waals surface area contributed by atoms with Gasteiger partial charge in [0.2, 0.25) is 0 Å². The molecule has 1 saturated heterocycles. The highest BCUT2D eigenvalue weighted by Crippen LogP contribution is 2.23. The molecule has 0 atom stereocenters. The van der Waals surface area contributed by atoms with Gasteiger partial charge in [0.1, 0.15) is 5.75 Å². The first kappa shape index (κ1) is 17.6. The Kier molecular flexibility index (Phi) is 5.16. The van der Waals surface area contributed by atoms with Gasteiger partial charge in [-0.25, -0.2) is 0 Å². The van der Waals surface area contributed by atoms with Crippen molar-refractivity contribution < 1.29 is 14.7 Å². The summed E-state index contributed by atoms with van der Waals surface area (Å²) in [7, 11) is 0. The molecule has 0 aliphatic carbocycles. The molecule has 1 aliphatic rings. The van der Waals surface area contributed by atoms with Crippen LogP contribution in [-0.4, -0.2) is 52.9 Å². The number of phenolic OH excluding ortho intramolecular Hbond substituents is 1. The lowest BCUT2D eigenvalue weighted by Gasteiger charge is -2.35. The van der Waals surface area contributed by atoms with Crippen LogP contribution < -0.4 is 0 Å². The van der Waals surface area contributed by atoms with Crippen molar-refractivity contribution in [3.8, 4) is 5.75 Å². The van der Waals surface area contributed by atoms with E-state index in [1.807, 2.05) is 0 Å². The maximum Gasteiger partial charge on any atom is 0.257 e. The molecular weight excluding hydrogens is 363 g/mol. The fraction of sp³-hybridized carbons (Fsp3) is 0.222. The lowest BCUT2D eigenvalue weighted by atomic mass is 10.1. The molecule has 3 rings (SSSR count). The standard InChI is InChI=1S/C18H16Cl2N2O3/c19-12-5-6-13(15(20)11-12)17(24)21-7-9-22(10-8-21)18(25)14-3-1-2-4-16(14)23/h1-6,11,23H,7-10H2. The molecule has 1 fully saturated rings. The molecule has 130 valence electrons. The van der Waals surface area contributed by atoms with E-state index in [9.17, 15) is 14.7 Å². The van der Waals surface area contributed by atoms with Crippen LogP contribution in [0.15, 0.2) is 42.5 Å². The Morgan fingerprint density at radius 1 is 0.840 bits per heavy atom. The molecule has 1 aliphatic heterocycles. The molecule has 0 saturated carbocycles. The molecule has 25 heavy (non-hydrogen) atoms. The van der Waals surface area contributed by atoms with Gasteiger partial charge in [-0.3, -0.25) is 9.59 Å². The van der Waals surface area contributed by atoms with E-state index in [-0.39, 0.29) is 23.1 Å². The molecule has 0 spiro atoms. The van der Waals surface area contributed by atoms with Gasteiger partial charge in [-0.2, -0.15) is 0 Å². The number of piperazine rings is 1. The highest BCUT2D eigenvalue weighted by Gasteiger charge is 2.27. The quantitative estimate of drug-likeness (QED) is 0.871. The molecule has 2 aromatic carbocycles. The van der Waals surface area contributed by atoms with Gasteiger partial charge in [-0.15, -0.1) is 0 Å². The van der Waals surface area contributed by atoms with Crippen molar-refractivity contribution >= 4 is 35.0 Å². The monoisotopic (exact) mass is 378 g/mol. The molecular formula is C18H16Cl2N2O3. The van der Waals surface area contributed by atoms with Crippen molar-refractivity contribution in [3.05, 3.63) is 63.6 Å². The van der Waals surface area contributed by atoms with Crippen molar-refractivity contribution in [3.63, 3.8) is 0 Å². The van der Waals surface area contributed by atoms with E-state index in [0.717, 1.165) is 0 Å². The molecule has 1 N–H and O–H groups in total. The summed E-state index contributed by atoms with van der Waals surface area (Å²) < 4.78 is 0. The van der Waals surface area contributed by atoms with E-state index >= 15 is 0 Å². The molecule has 2 amide bonds. The number of nitrogens with zero attached hydrogens (tertiary/aromatic N) is 2. The maximum absolute atomic E-state index is 12.6. The van der Waals surface area contributed by atoms with E-state index in [1.54, 1.807) is 40.1 Å². The molecule has 0 aromatic heterocycles. The van der Waals surface area contributed by atoms with Gasteiger partial charge in [0.25, 0.3) is 11.8 Å². The number of aromatic hydroxyl groups is 1. The van der Waals surface area contributed by atoms with Crippen LogP contribution in [-0.2, 0) is 0 Å². The van der Waals surface area contributed by atoms with E-state index in [0.29, 0.717) is 41.8 Å². The third-order valence-corrected chi connectivity index (χ3v) is 4.70. The molecule has 2 aromatic rings. The number of para-hydroxylation sites is 1. The van der Waals surface area contributed by atoms with Crippen LogP contribution in [0.5, 0.6) is 5.75 Å². The number of benzene rings is 2. The number of rotatable bonds is 2. The minimum Gasteiger partial charge on any atom is -0.507 e. The van der Waals surface area contributed by atoms with Crippen LogP contribution in [0.25, 0.3) is 0 Å². The van der Waals surface area contributed by atoms with Gasteiger partial charge >= 0.3 is 0 Å². The lowest BCUT2D eigenvalue weighted by Crippen LogP contribution is -2.50. The summed E-state index contributed by atoms with van der Waals surface area (Å²) in [6.07, 6.45) is 0. The highest BCUT2D eigenvalue weighted by atomic mass is 35.5. The van der Waals surface area contributed by atoms with Crippen LogP contribution in [0.3, 0.4) is 0 Å². The van der Waals surface area contributed by atoms with Gasteiger partial charge in [0.05, 0.1) is 16.1 Å². The minimum atomic E-state index is -0.241. The zero-order valence-electron chi connectivity index (χ0n) is 13.3. The van der Waals surface area contributed by atoms with Crippen LogP contribution >= 0.6 is 23.2 Å². The number of amides is 2. The van der Waals surface area contributed by atoms with Crippen molar-refractivity contribution in [2.45, 2.75) is 0 Å². The number of carbonyl (C=O) groups is 2. The molecule has 0 radical (unpaired) electrons. The summed E-state index contributed by atoms with van der Waals surface area (Å²) in [5.41, 5.74) is 0.662. The Morgan fingerprint density at radius 3 is 1.96 bits per heavy atom. The third kappa shape index (κ3) is 3.72. The average molecular weight is 379 g/mol. The number of hydrogen-bond acceptors (Lipinski definition) is 3. The topological polar surface area (TPSA) is 60.9 Å². The second-order valence-electron chi connectivity index (χ2n) is 5.73. The lowest BCUT2D eigenvalue weighted by molar-refractivity contribution is 0.0534. The summed E-state index contributed by atoms with van der Waals surface area (Å²) in [5, 5.41) is 10.6. The van der Waals surface area contributed by atoms with Gasteiger partial charge < -0.3 is 14.9 Å². The largest absolute Gasteiger partial charge is 0.507 e. The zero-order chi connectivity index (χ0) is 18.0. The van der Waals surface area contributed by atoms with Crippen LogP contribution in [0.2, 0.25) is 10.0 Å². The van der Waals surface area contributed by atoms with Gasteiger partial charge in [-0.1, -0.05) is 35.3 Å². The second-order valence-corrected chi connectivity index (χ2v) is 6.57. The van der Waals surface area contributed by atoms with Crippen LogP contribution in [0.1, 0.15) is 20.7 Å². The Balaban J connectivity index is 1.66. The van der Waals surface area contributed by atoms with Crippen LogP contribution in [0.4, 0.5) is 0 Å². The van der Waals surface area contributed by atoms with Crippen molar-refractivity contribution in [2.24, 2.45) is 0 Å². The van der Waals surface area contributed by atoms with Gasteiger partial charge in [-0.05, 0) is 30.3 Å².